The minimum absolute atomic E-state index is 0.184. The molecule has 2 fully saturated rings. The van der Waals surface area contributed by atoms with E-state index < -0.39 is 0 Å². The molecule has 1 atom stereocenters. The molecule has 1 amide bonds. The van der Waals surface area contributed by atoms with Crippen LogP contribution in [0.25, 0.3) is 0 Å². The molecular weight excluding hydrogens is 307 g/mol. The molecule has 0 N–H and O–H groups in total. The summed E-state index contributed by atoms with van der Waals surface area (Å²) >= 11 is 0. The zero-order chi connectivity index (χ0) is 16.8. The molecule has 0 aromatic heterocycles. The molecule has 2 aliphatic heterocycles. The number of carbonyl (C=O) groups excluding carboxylic acids is 1. The molecule has 0 spiro atoms. The lowest BCUT2D eigenvalue weighted by Gasteiger charge is -2.35. The molecule has 4 nitrogen and oxygen atoms in total. The van der Waals surface area contributed by atoms with Crippen LogP contribution in [-0.4, -0.2) is 61.6 Å². The van der Waals surface area contributed by atoms with E-state index in [2.05, 4.69) is 4.90 Å². The quantitative estimate of drug-likeness (QED) is 0.828. The third-order valence-corrected chi connectivity index (χ3v) is 5.09. The summed E-state index contributed by atoms with van der Waals surface area (Å²) in [6, 6.07) is 6.77. The normalized spacial score (nSPS) is 22.5. The van der Waals surface area contributed by atoms with E-state index in [-0.39, 0.29) is 11.7 Å². The van der Waals surface area contributed by atoms with Crippen LogP contribution in [0.1, 0.15) is 24.8 Å². The average molecular weight is 334 g/mol. The molecule has 1 aromatic rings. The third kappa shape index (κ3) is 5.02. The maximum atomic E-state index is 13.0. The molecule has 0 saturated carbocycles. The Hall–Kier alpha value is -1.46. The number of morpholine rings is 1. The second-order valence-electron chi connectivity index (χ2n) is 6.90. The summed E-state index contributed by atoms with van der Waals surface area (Å²) in [5.74, 6) is 0.622. The Morgan fingerprint density at radius 3 is 2.67 bits per heavy atom. The Balaban J connectivity index is 1.44. The average Bonchev–Trinajstić information content (AvgIpc) is 2.62. The van der Waals surface area contributed by atoms with Gasteiger partial charge in [0.1, 0.15) is 5.82 Å². The van der Waals surface area contributed by atoms with Gasteiger partial charge in [0.15, 0.2) is 0 Å². The molecule has 0 aliphatic carbocycles. The van der Waals surface area contributed by atoms with Crippen molar-refractivity contribution in [3.63, 3.8) is 0 Å². The van der Waals surface area contributed by atoms with Crippen molar-refractivity contribution in [1.29, 1.82) is 0 Å². The first kappa shape index (κ1) is 17.4. The first-order chi connectivity index (χ1) is 11.7. The van der Waals surface area contributed by atoms with Crippen molar-refractivity contribution in [1.82, 2.24) is 9.80 Å². The summed E-state index contributed by atoms with van der Waals surface area (Å²) in [7, 11) is 0. The van der Waals surface area contributed by atoms with Crippen molar-refractivity contribution in [3.8, 4) is 0 Å². The van der Waals surface area contributed by atoms with Gasteiger partial charge in [0.05, 0.1) is 19.8 Å². The van der Waals surface area contributed by atoms with Crippen LogP contribution in [0, 0.1) is 11.7 Å². The Morgan fingerprint density at radius 1 is 1.17 bits per heavy atom. The molecule has 2 saturated heterocycles. The van der Waals surface area contributed by atoms with Crippen molar-refractivity contribution in [2.45, 2.75) is 25.7 Å². The second kappa shape index (κ2) is 8.58. The minimum atomic E-state index is -0.184. The Kier molecular flexibility index (Phi) is 6.21. The molecule has 24 heavy (non-hydrogen) atoms. The highest BCUT2D eigenvalue weighted by Gasteiger charge is 2.25. The van der Waals surface area contributed by atoms with Gasteiger partial charge >= 0.3 is 0 Å². The van der Waals surface area contributed by atoms with Crippen molar-refractivity contribution >= 4 is 5.91 Å². The Bertz CT molecular complexity index is 529. The number of hydrogen-bond acceptors (Lipinski definition) is 3. The van der Waals surface area contributed by atoms with E-state index in [9.17, 15) is 9.18 Å². The van der Waals surface area contributed by atoms with E-state index in [1.807, 2.05) is 17.0 Å². The number of aryl methyl sites for hydroxylation is 1. The molecule has 132 valence electrons. The van der Waals surface area contributed by atoms with Crippen molar-refractivity contribution < 1.29 is 13.9 Å². The van der Waals surface area contributed by atoms with Crippen LogP contribution < -0.4 is 0 Å². The van der Waals surface area contributed by atoms with E-state index in [0.29, 0.717) is 12.5 Å². The first-order valence-electron chi connectivity index (χ1n) is 9.03. The molecule has 0 unspecified atom stereocenters. The van der Waals surface area contributed by atoms with E-state index in [0.717, 1.165) is 58.7 Å². The number of halogens is 1. The summed E-state index contributed by atoms with van der Waals surface area (Å²) in [6.45, 7) is 5.44. The van der Waals surface area contributed by atoms with E-state index in [1.165, 1.54) is 24.1 Å². The van der Waals surface area contributed by atoms with Crippen LogP contribution in [0.2, 0.25) is 0 Å². The van der Waals surface area contributed by atoms with Gasteiger partial charge in [0.25, 0.3) is 0 Å². The Labute approximate surface area is 143 Å². The van der Waals surface area contributed by atoms with Crippen LogP contribution >= 0.6 is 0 Å². The lowest BCUT2D eigenvalue weighted by Crippen LogP contribution is -2.47. The van der Waals surface area contributed by atoms with Crippen molar-refractivity contribution in [2.75, 3.05) is 45.9 Å². The smallest absolute Gasteiger partial charge is 0.236 e. The molecule has 2 aliphatic rings. The fourth-order valence-electron chi connectivity index (χ4n) is 3.60. The number of benzene rings is 1. The van der Waals surface area contributed by atoms with Crippen LogP contribution in [0.4, 0.5) is 4.39 Å². The zero-order valence-corrected chi connectivity index (χ0v) is 14.3. The Morgan fingerprint density at radius 2 is 1.92 bits per heavy atom. The number of amides is 1. The molecule has 5 heteroatoms. The SMILES string of the molecule is O=C(CN1CCOCC1)N1CCC[C@H](CCc2ccc(F)cc2)C1. The summed E-state index contributed by atoms with van der Waals surface area (Å²) in [6.07, 6.45) is 4.29. The maximum absolute atomic E-state index is 13.0. The van der Waals surface area contributed by atoms with Crippen LogP contribution in [0.5, 0.6) is 0 Å². The van der Waals surface area contributed by atoms with Gasteiger partial charge in [-0.2, -0.15) is 0 Å². The monoisotopic (exact) mass is 334 g/mol. The number of ether oxygens (including phenoxy) is 1. The lowest BCUT2D eigenvalue weighted by atomic mass is 9.91. The number of carbonyl (C=O) groups is 1. The lowest BCUT2D eigenvalue weighted by molar-refractivity contribution is -0.135. The minimum Gasteiger partial charge on any atom is -0.379 e. The number of nitrogens with zero attached hydrogens (tertiary/aromatic N) is 2. The van der Waals surface area contributed by atoms with E-state index >= 15 is 0 Å². The highest BCUT2D eigenvalue weighted by molar-refractivity contribution is 5.78. The van der Waals surface area contributed by atoms with Crippen molar-refractivity contribution in [3.05, 3.63) is 35.6 Å². The molecule has 0 radical (unpaired) electrons. The molecule has 3 rings (SSSR count). The predicted octanol–water partition coefficient (Wildman–Crippen LogP) is 2.33. The number of piperidine rings is 1. The number of likely N-dealkylation sites (tertiary alicyclic amines) is 1. The predicted molar refractivity (Wildman–Crippen MR) is 91.3 cm³/mol. The first-order valence-corrected chi connectivity index (χ1v) is 9.03. The van der Waals surface area contributed by atoms with Crippen LogP contribution in [0.15, 0.2) is 24.3 Å². The number of rotatable bonds is 5. The van der Waals surface area contributed by atoms with Gasteiger partial charge in [0.2, 0.25) is 5.91 Å². The highest BCUT2D eigenvalue weighted by Crippen LogP contribution is 2.22. The molecular formula is C19H27FN2O2. The second-order valence-corrected chi connectivity index (χ2v) is 6.90. The molecule has 2 heterocycles. The van der Waals surface area contributed by atoms with Crippen molar-refractivity contribution in [2.24, 2.45) is 5.92 Å². The third-order valence-electron chi connectivity index (χ3n) is 5.09. The van der Waals surface area contributed by atoms with Gasteiger partial charge in [-0.1, -0.05) is 12.1 Å². The van der Waals surface area contributed by atoms with E-state index in [4.69, 9.17) is 4.74 Å². The van der Waals surface area contributed by atoms with Gasteiger partial charge in [-0.3, -0.25) is 9.69 Å². The van der Waals surface area contributed by atoms with Gasteiger partial charge in [-0.25, -0.2) is 4.39 Å². The van der Waals surface area contributed by atoms with E-state index in [1.54, 1.807) is 0 Å². The summed E-state index contributed by atoms with van der Waals surface area (Å²) in [5.41, 5.74) is 1.17. The fourth-order valence-corrected chi connectivity index (χ4v) is 3.60. The molecule has 0 bridgehead atoms. The van der Waals surface area contributed by atoms with Gasteiger partial charge in [0, 0.05) is 26.2 Å². The summed E-state index contributed by atoms with van der Waals surface area (Å²) in [5, 5.41) is 0. The standard InChI is InChI=1S/C19H27FN2O2/c20-18-7-5-16(6-8-18)3-4-17-2-1-9-22(14-17)19(23)15-21-10-12-24-13-11-21/h5-8,17H,1-4,9-15H2/t17-/m1/s1. The van der Waals surface area contributed by atoms with Crippen LogP contribution in [-0.2, 0) is 16.0 Å². The summed E-state index contributed by atoms with van der Waals surface area (Å²) in [4.78, 5) is 16.7. The van der Waals surface area contributed by atoms with Gasteiger partial charge < -0.3 is 9.64 Å². The fraction of sp³-hybridized carbons (Fsp3) is 0.632. The molecule has 1 aromatic carbocycles. The van der Waals surface area contributed by atoms with Gasteiger partial charge in [-0.05, 0) is 49.3 Å². The van der Waals surface area contributed by atoms with Crippen LogP contribution in [0.3, 0.4) is 0 Å². The maximum Gasteiger partial charge on any atom is 0.236 e. The zero-order valence-electron chi connectivity index (χ0n) is 14.3. The van der Waals surface area contributed by atoms with Gasteiger partial charge in [-0.15, -0.1) is 0 Å². The highest BCUT2D eigenvalue weighted by atomic mass is 19.1. The largest absolute Gasteiger partial charge is 0.379 e. The topological polar surface area (TPSA) is 32.8 Å². The summed E-state index contributed by atoms with van der Waals surface area (Å²) < 4.78 is 18.3. The number of hydrogen-bond donors (Lipinski definition) is 0.